The van der Waals surface area contributed by atoms with Crippen molar-refractivity contribution in [1.82, 2.24) is 4.90 Å². The zero-order valence-corrected chi connectivity index (χ0v) is 13.7. The fourth-order valence-corrected chi connectivity index (χ4v) is 3.91. The molecule has 4 nitrogen and oxygen atoms in total. The minimum Gasteiger partial charge on any atom is -0.369 e. The van der Waals surface area contributed by atoms with E-state index in [-0.39, 0.29) is 17.7 Å². The van der Waals surface area contributed by atoms with Gasteiger partial charge in [-0.2, -0.15) is 0 Å². The van der Waals surface area contributed by atoms with Crippen LogP contribution in [-0.4, -0.2) is 29.8 Å². The second-order valence-electron chi connectivity index (χ2n) is 6.95. The molecule has 1 aromatic rings. The highest BCUT2D eigenvalue weighted by atomic mass is 16.2. The number of rotatable bonds is 3. The molecule has 1 atom stereocenters. The average Bonchev–Trinajstić information content (AvgIpc) is 2.62. The Balaban J connectivity index is 1.66. The molecule has 1 aliphatic carbocycles. The predicted octanol–water partition coefficient (Wildman–Crippen LogP) is 3.07. The van der Waals surface area contributed by atoms with Crippen molar-refractivity contribution in [3.05, 3.63) is 35.4 Å². The van der Waals surface area contributed by atoms with Crippen molar-refractivity contribution in [2.45, 2.75) is 50.9 Å². The van der Waals surface area contributed by atoms with E-state index in [4.69, 9.17) is 5.73 Å². The highest BCUT2D eigenvalue weighted by Crippen LogP contribution is 2.32. The van der Waals surface area contributed by atoms with Crippen LogP contribution in [0.5, 0.6) is 0 Å². The monoisotopic (exact) mass is 314 g/mol. The second kappa shape index (κ2) is 7.16. The first-order chi connectivity index (χ1) is 11.1. The Hall–Kier alpha value is -1.84. The van der Waals surface area contributed by atoms with E-state index in [0.29, 0.717) is 19.0 Å². The van der Waals surface area contributed by atoms with Gasteiger partial charge >= 0.3 is 0 Å². The Morgan fingerprint density at radius 1 is 0.957 bits per heavy atom. The molecule has 1 aliphatic heterocycles. The van der Waals surface area contributed by atoms with Gasteiger partial charge in [-0.1, -0.05) is 31.4 Å². The van der Waals surface area contributed by atoms with Crippen molar-refractivity contribution >= 4 is 11.8 Å². The zero-order valence-electron chi connectivity index (χ0n) is 13.7. The summed E-state index contributed by atoms with van der Waals surface area (Å²) in [4.78, 5) is 25.8. The molecule has 1 saturated carbocycles. The van der Waals surface area contributed by atoms with Gasteiger partial charge in [0.1, 0.15) is 0 Å². The normalized spacial score (nSPS) is 22.8. The summed E-state index contributed by atoms with van der Waals surface area (Å²) < 4.78 is 0. The van der Waals surface area contributed by atoms with Gasteiger partial charge in [0.15, 0.2) is 0 Å². The van der Waals surface area contributed by atoms with Crippen LogP contribution in [0.3, 0.4) is 0 Å². The van der Waals surface area contributed by atoms with E-state index >= 15 is 0 Å². The minimum atomic E-state index is -0.296. The Bertz CT molecular complexity index is 561. The number of primary amides is 1. The summed E-state index contributed by atoms with van der Waals surface area (Å²) in [6.07, 6.45) is 8.14. The van der Waals surface area contributed by atoms with Gasteiger partial charge in [-0.05, 0) is 49.3 Å². The molecule has 4 heteroatoms. The molecule has 3 rings (SSSR count). The first kappa shape index (κ1) is 16.0. The summed E-state index contributed by atoms with van der Waals surface area (Å²) in [5.74, 6) is 0.178. The molecule has 2 N–H and O–H groups in total. The number of amides is 2. The maximum Gasteiger partial charge on any atom is 0.253 e. The predicted molar refractivity (Wildman–Crippen MR) is 90.1 cm³/mol. The van der Waals surface area contributed by atoms with Crippen molar-refractivity contribution < 1.29 is 9.59 Å². The van der Waals surface area contributed by atoms with Gasteiger partial charge < -0.3 is 10.6 Å². The molecule has 1 heterocycles. The first-order valence-electron chi connectivity index (χ1n) is 8.83. The Morgan fingerprint density at radius 2 is 1.65 bits per heavy atom. The lowest BCUT2D eigenvalue weighted by Crippen LogP contribution is -2.44. The van der Waals surface area contributed by atoms with Crippen LogP contribution in [0.25, 0.3) is 0 Å². The van der Waals surface area contributed by atoms with Crippen LogP contribution in [0.15, 0.2) is 24.3 Å². The summed E-state index contributed by atoms with van der Waals surface area (Å²) in [5, 5.41) is 0. The second-order valence-corrected chi connectivity index (χ2v) is 6.95. The third kappa shape index (κ3) is 3.74. The van der Waals surface area contributed by atoms with Gasteiger partial charge in [0.2, 0.25) is 5.91 Å². The lowest BCUT2D eigenvalue weighted by molar-refractivity contribution is -0.123. The minimum absolute atomic E-state index is 0.0196. The van der Waals surface area contributed by atoms with Gasteiger partial charge in [-0.15, -0.1) is 0 Å². The van der Waals surface area contributed by atoms with Gasteiger partial charge in [-0.3, -0.25) is 9.59 Å². The quantitative estimate of drug-likeness (QED) is 0.932. The molecule has 0 spiro atoms. The number of carbonyl (C=O) groups excluding carboxylic acids is 2. The number of nitrogens with zero attached hydrogens (tertiary/aromatic N) is 1. The molecule has 2 fully saturated rings. The maximum atomic E-state index is 12.6. The van der Waals surface area contributed by atoms with Crippen molar-refractivity contribution in [1.29, 1.82) is 0 Å². The molecule has 0 radical (unpaired) electrons. The van der Waals surface area contributed by atoms with Gasteiger partial charge in [-0.25, -0.2) is 0 Å². The molecule has 1 aromatic carbocycles. The van der Waals surface area contributed by atoms with Crippen LogP contribution in [-0.2, 0) is 4.79 Å². The summed E-state index contributed by atoms with van der Waals surface area (Å²) >= 11 is 0. The Kier molecular flexibility index (Phi) is 4.99. The third-order valence-electron chi connectivity index (χ3n) is 5.35. The molecule has 2 aliphatic rings. The van der Waals surface area contributed by atoms with Gasteiger partial charge in [0.25, 0.3) is 5.91 Å². The third-order valence-corrected chi connectivity index (χ3v) is 5.35. The number of nitrogens with two attached hydrogens (primary N) is 1. The van der Waals surface area contributed by atoms with Crippen LogP contribution >= 0.6 is 0 Å². The van der Waals surface area contributed by atoms with Crippen molar-refractivity contribution in [3.8, 4) is 0 Å². The largest absolute Gasteiger partial charge is 0.369 e. The highest BCUT2D eigenvalue weighted by Gasteiger charge is 2.27. The van der Waals surface area contributed by atoms with Crippen LogP contribution in [0.4, 0.5) is 0 Å². The van der Waals surface area contributed by atoms with Crippen molar-refractivity contribution in [2.24, 2.45) is 11.7 Å². The molecule has 1 unspecified atom stereocenters. The topological polar surface area (TPSA) is 63.4 Å². The number of hydrogen-bond donors (Lipinski definition) is 1. The zero-order chi connectivity index (χ0) is 16.2. The number of piperidine rings is 1. The van der Waals surface area contributed by atoms with Crippen LogP contribution in [0, 0.1) is 5.92 Å². The van der Waals surface area contributed by atoms with Crippen LogP contribution in [0.2, 0.25) is 0 Å². The first-order valence-corrected chi connectivity index (χ1v) is 8.83. The number of hydrogen-bond acceptors (Lipinski definition) is 2. The molecule has 1 saturated heterocycles. The van der Waals surface area contributed by atoms with Crippen LogP contribution in [0.1, 0.15) is 66.8 Å². The lowest BCUT2D eigenvalue weighted by Gasteiger charge is -2.31. The van der Waals surface area contributed by atoms with Gasteiger partial charge in [0, 0.05) is 18.7 Å². The SMILES string of the molecule is NC(=O)C1CCCN(C(=O)c2ccc(C3CCCCC3)cc2)C1. The Morgan fingerprint density at radius 3 is 2.30 bits per heavy atom. The van der Waals surface area contributed by atoms with E-state index in [1.165, 1.54) is 37.7 Å². The molecular weight excluding hydrogens is 288 g/mol. The fraction of sp³-hybridized carbons (Fsp3) is 0.579. The van der Waals surface area contributed by atoms with E-state index in [1.54, 1.807) is 4.90 Å². The summed E-state index contributed by atoms with van der Waals surface area (Å²) in [7, 11) is 0. The van der Waals surface area contributed by atoms with Crippen LogP contribution < -0.4 is 5.73 Å². The van der Waals surface area contributed by atoms with Crippen molar-refractivity contribution in [3.63, 3.8) is 0 Å². The molecule has 0 bridgehead atoms. The maximum absolute atomic E-state index is 12.6. The summed E-state index contributed by atoms with van der Waals surface area (Å²) in [6.45, 7) is 1.17. The lowest BCUT2D eigenvalue weighted by atomic mass is 9.84. The smallest absolute Gasteiger partial charge is 0.253 e. The molecule has 23 heavy (non-hydrogen) atoms. The number of carbonyl (C=O) groups is 2. The average molecular weight is 314 g/mol. The summed E-state index contributed by atoms with van der Waals surface area (Å²) in [6, 6.07) is 8.11. The van der Waals surface area contributed by atoms with E-state index in [2.05, 4.69) is 12.1 Å². The molecule has 0 aromatic heterocycles. The molecule has 2 amide bonds. The molecule has 124 valence electrons. The van der Waals surface area contributed by atoms with E-state index in [0.717, 1.165) is 18.4 Å². The molecular formula is C19H26N2O2. The van der Waals surface area contributed by atoms with E-state index in [9.17, 15) is 9.59 Å². The van der Waals surface area contributed by atoms with Gasteiger partial charge in [0.05, 0.1) is 5.92 Å². The van der Waals surface area contributed by atoms with E-state index in [1.807, 2.05) is 12.1 Å². The van der Waals surface area contributed by atoms with E-state index < -0.39 is 0 Å². The number of likely N-dealkylation sites (tertiary alicyclic amines) is 1. The standard InChI is InChI=1S/C19H26N2O2/c20-18(22)17-7-4-12-21(13-17)19(23)16-10-8-15(9-11-16)14-5-2-1-3-6-14/h8-11,14,17H,1-7,12-13H2,(H2,20,22). The summed E-state index contributed by atoms with van der Waals surface area (Å²) in [5.41, 5.74) is 7.47. The number of benzene rings is 1. The highest BCUT2D eigenvalue weighted by molar-refractivity contribution is 5.94. The fourth-order valence-electron chi connectivity index (χ4n) is 3.91. The van der Waals surface area contributed by atoms with Crippen molar-refractivity contribution in [2.75, 3.05) is 13.1 Å². The Labute approximate surface area is 138 Å².